The minimum Gasteiger partial charge on any atom is -0.382 e. The van der Waals surface area contributed by atoms with Crippen LogP contribution in [0.3, 0.4) is 0 Å². The van der Waals surface area contributed by atoms with Crippen LogP contribution in [0.25, 0.3) is 11.2 Å². The van der Waals surface area contributed by atoms with E-state index < -0.39 is 0 Å². The van der Waals surface area contributed by atoms with E-state index >= 15 is 0 Å². The number of nitrogen functional groups attached to an aromatic ring is 1. The average molecular weight is 232 g/mol. The zero-order chi connectivity index (χ0) is 11.7. The maximum atomic E-state index is 5.77. The molecule has 0 radical (unpaired) electrons. The van der Waals surface area contributed by atoms with Crippen LogP contribution in [0.1, 0.15) is 18.7 Å². The van der Waals surface area contributed by atoms with Crippen LogP contribution in [0.5, 0.6) is 0 Å². The number of nitrogens with zero attached hydrogens (tertiary/aromatic N) is 3. The van der Waals surface area contributed by atoms with Gasteiger partial charge in [0.25, 0.3) is 0 Å². The third-order valence-electron chi connectivity index (χ3n) is 3.31. The largest absolute Gasteiger partial charge is 0.382 e. The van der Waals surface area contributed by atoms with Crippen molar-refractivity contribution in [2.75, 3.05) is 18.8 Å². The highest BCUT2D eigenvalue weighted by Gasteiger charge is 2.16. The fourth-order valence-electron chi connectivity index (χ4n) is 2.35. The molecule has 0 bridgehead atoms. The molecule has 0 aromatic carbocycles. The SMILES string of the molecule is Nc1ncnc2nc(CC3CCNCC3)[nH]c12. The van der Waals surface area contributed by atoms with Gasteiger partial charge < -0.3 is 16.0 Å². The lowest BCUT2D eigenvalue weighted by Gasteiger charge is -2.21. The van der Waals surface area contributed by atoms with Gasteiger partial charge in [-0.15, -0.1) is 0 Å². The second kappa shape index (κ2) is 4.29. The Morgan fingerprint density at radius 3 is 2.88 bits per heavy atom. The third-order valence-corrected chi connectivity index (χ3v) is 3.31. The number of piperidine rings is 1. The molecule has 1 fully saturated rings. The van der Waals surface area contributed by atoms with Crippen LogP contribution in [-0.4, -0.2) is 33.0 Å². The molecule has 2 aromatic rings. The van der Waals surface area contributed by atoms with Gasteiger partial charge in [-0.05, 0) is 31.8 Å². The fraction of sp³-hybridized carbons (Fsp3) is 0.545. The quantitative estimate of drug-likeness (QED) is 0.700. The number of rotatable bonds is 2. The molecule has 0 amide bonds. The van der Waals surface area contributed by atoms with Gasteiger partial charge in [-0.2, -0.15) is 0 Å². The van der Waals surface area contributed by atoms with Crippen LogP contribution in [-0.2, 0) is 6.42 Å². The van der Waals surface area contributed by atoms with Gasteiger partial charge >= 0.3 is 0 Å². The van der Waals surface area contributed by atoms with Crippen LogP contribution in [0.2, 0.25) is 0 Å². The molecule has 90 valence electrons. The molecule has 3 heterocycles. The van der Waals surface area contributed by atoms with Crippen molar-refractivity contribution in [1.29, 1.82) is 0 Å². The summed E-state index contributed by atoms with van der Waals surface area (Å²) < 4.78 is 0. The zero-order valence-electron chi connectivity index (χ0n) is 9.61. The van der Waals surface area contributed by atoms with E-state index in [2.05, 4.69) is 25.3 Å². The van der Waals surface area contributed by atoms with E-state index in [1.807, 2.05) is 0 Å². The summed E-state index contributed by atoms with van der Waals surface area (Å²) in [6.45, 7) is 2.21. The van der Waals surface area contributed by atoms with E-state index in [4.69, 9.17) is 5.73 Å². The monoisotopic (exact) mass is 232 g/mol. The van der Waals surface area contributed by atoms with Crippen molar-refractivity contribution in [3.05, 3.63) is 12.2 Å². The predicted molar refractivity (Wildman–Crippen MR) is 65.4 cm³/mol. The Hall–Kier alpha value is -1.69. The first-order valence-corrected chi connectivity index (χ1v) is 5.98. The Bertz CT molecular complexity index is 514. The fourth-order valence-corrected chi connectivity index (χ4v) is 2.35. The lowest BCUT2D eigenvalue weighted by atomic mass is 9.94. The van der Waals surface area contributed by atoms with E-state index in [9.17, 15) is 0 Å². The maximum Gasteiger partial charge on any atom is 0.183 e. The van der Waals surface area contributed by atoms with Gasteiger partial charge in [0, 0.05) is 6.42 Å². The van der Waals surface area contributed by atoms with Gasteiger partial charge in [0.2, 0.25) is 0 Å². The first-order chi connectivity index (χ1) is 8.33. The molecule has 0 spiro atoms. The summed E-state index contributed by atoms with van der Waals surface area (Å²) >= 11 is 0. The topological polar surface area (TPSA) is 92.5 Å². The molecule has 0 aliphatic carbocycles. The number of imidazole rings is 1. The van der Waals surface area contributed by atoms with Gasteiger partial charge in [0.05, 0.1) is 0 Å². The van der Waals surface area contributed by atoms with Crippen molar-refractivity contribution in [3.8, 4) is 0 Å². The molecule has 3 rings (SSSR count). The number of nitrogens with two attached hydrogens (primary N) is 1. The summed E-state index contributed by atoms with van der Waals surface area (Å²) in [5.41, 5.74) is 7.20. The molecule has 6 nitrogen and oxygen atoms in total. The minimum atomic E-state index is 0.471. The second-order valence-electron chi connectivity index (χ2n) is 4.54. The Balaban J connectivity index is 1.83. The highest BCUT2D eigenvalue weighted by atomic mass is 15.0. The highest BCUT2D eigenvalue weighted by molar-refractivity contribution is 5.80. The number of aromatic nitrogens is 4. The lowest BCUT2D eigenvalue weighted by molar-refractivity contribution is 0.368. The van der Waals surface area contributed by atoms with Crippen molar-refractivity contribution < 1.29 is 0 Å². The van der Waals surface area contributed by atoms with Gasteiger partial charge in [0.1, 0.15) is 17.7 Å². The molecule has 4 N–H and O–H groups in total. The summed E-state index contributed by atoms with van der Waals surface area (Å²) in [6.07, 6.45) is 4.83. The molecule has 0 unspecified atom stereocenters. The van der Waals surface area contributed by atoms with Crippen molar-refractivity contribution in [3.63, 3.8) is 0 Å². The smallest absolute Gasteiger partial charge is 0.183 e. The average Bonchev–Trinajstić information content (AvgIpc) is 2.74. The number of hydrogen-bond donors (Lipinski definition) is 3. The summed E-state index contributed by atoms with van der Waals surface area (Å²) in [5, 5.41) is 3.36. The maximum absolute atomic E-state index is 5.77. The minimum absolute atomic E-state index is 0.471. The number of H-pyrrole nitrogens is 1. The first kappa shape index (κ1) is 10.5. The Labute approximate surface area is 99.1 Å². The van der Waals surface area contributed by atoms with E-state index in [1.165, 1.54) is 19.2 Å². The normalized spacial score (nSPS) is 17.6. The Morgan fingerprint density at radius 1 is 1.29 bits per heavy atom. The number of aromatic amines is 1. The van der Waals surface area contributed by atoms with E-state index in [0.717, 1.165) is 30.9 Å². The molecular formula is C11H16N6. The van der Waals surface area contributed by atoms with Gasteiger partial charge in [0.15, 0.2) is 11.5 Å². The second-order valence-corrected chi connectivity index (χ2v) is 4.54. The molecule has 1 aliphatic heterocycles. The molecule has 0 atom stereocenters. The Kier molecular flexibility index (Phi) is 2.64. The molecule has 0 saturated carbocycles. The van der Waals surface area contributed by atoms with Crippen molar-refractivity contribution >= 4 is 17.0 Å². The van der Waals surface area contributed by atoms with E-state index in [0.29, 0.717) is 17.4 Å². The van der Waals surface area contributed by atoms with Gasteiger partial charge in [-0.1, -0.05) is 0 Å². The van der Waals surface area contributed by atoms with Crippen molar-refractivity contribution in [2.45, 2.75) is 19.3 Å². The van der Waals surface area contributed by atoms with E-state index in [-0.39, 0.29) is 0 Å². The third kappa shape index (κ3) is 2.08. The number of hydrogen-bond acceptors (Lipinski definition) is 5. The van der Waals surface area contributed by atoms with Crippen LogP contribution in [0.15, 0.2) is 6.33 Å². The van der Waals surface area contributed by atoms with Crippen LogP contribution in [0.4, 0.5) is 5.82 Å². The molecule has 17 heavy (non-hydrogen) atoms. The molecular weight excluding hydrogens is 216 g/mol. The zero-order valence-corrected chi connectivity index (χ0v) is 9.61. The predicted octanol–water partition coefficient (Wildman–Crippen LogP) is 0.477. The van der Waals surface area contributed by atoms with Crippen LogP contribution in [0, 0.1) is 5.92 Å². The van der Waals surface area contributed by atoms with Crippen LogP contribution < -0.4 is 11.1 Å². The van der Waals surface area contributed by atoms with E-state index in [1.54, 1.807) is 0 Å². The van der Waals surface area contributed by atoms with Gasteiger partial charge in [-0.25, -0.2) is 15.0 Å². The molecule has 1 aliphatic rings. The molecule has 6 heteroatoms. The summed E-state index contributed by atoms with van der Waals surface area (Å²) in [5.74, 6) is 2.14. The van der Waals surface area contributed by atoms with Gasteiger partial charge in [-0.3, -0.25) is 0 Å². The molecule has 2 aromatic heterocycles. The Morgan fingerprint density at radius 2 is 2.12 bits per heavy atom. The van der Waals surface area contributed by atoms with Crippen molar-refractivity contribution in [1.82, 2.24) is 25.3 Å². The summed E-state index contributed by atoms with van der Waals surface area (Å²) in [7, 11) is 0. The molecule has 1 saturated heterocycles. The number of nitrogens with one attached hydrogen (secondary N) is 2. The highest BCUT2D eigenvalue weighted by Crippen LogP contribution is 2.19. The number of anilines is 1. The summed E-state index contributed by atoms with van der Waals surface area (Å²) in [6, 6.07) is 0. The lowest BCUT2D eigenvalue weighted by Crippen LogP contribution is -2.28. The van der Waals surface area contributed by atoms with Crippen molar-refractivity contribution in [2.24, 2.45) is 5.92 Å². The number of fused-ring (bicyclic) bond motifs is 1. The summed E-state index contributed by atoms with van der Waals surface area (Å²) in [4.78, 5) is 15.8. The van der Waals surface area contributed by atoms with Crippen LogP contribution >= 0.6 is 0 Å². The first-order valence-electron chi connectivity index (χ1n) is 5.98. The standard InChI is InChI=1S/C11H16N6/c12-10-9-11(15-6-14-10)17-8(16-9)5-7-1-3-13-4-2-7/h6-7,13H,1-5H2,(H3,12,14,15,16,17).